The fraction of sp³-hybridized carbons (Fsp3) is 0.0244. The highest BCUT2D eigenvalue weighted by Gasteiger charge is 2.29. The molecule has 1 N–H and O–H groups in total. The lowest BCUT2D eigenvalue weighted by Crippen LogP contribution is -2.39. The van der Waals surface area contributed by atoms with Crippen molar-refractivity contribution in [3.63, 3.8) is 0 Å². The first-order chi connectivity index (χ1) is 21.3. The molecule has 0 spiro atoms. The van der Waals surface area contributed by atoms with Gasteiger partial charge >= 0.3 is 0 Å². The molecular weight excluding hydrogens is 520 g/mol. The molecule has 5 aromatic rings. The maximum atomic E-state index is 3.69. The highest BCUT2D eigenvalue weighted by molar-refractivity contribution is 5.71. The van der Waals surface area contributed by atoms with Crippen molar-refractivity contribution in [3.05, 3.63) is 197 Å². The molecule has 1 unspecified atom stereocenters. The van der Waals surface area contributed by atoms with Crippen LogP contribution < -0.4 is 10.4 Å². The predicted octanol–water partition coefficient (Wildman–Crippen LogP) is 8.53. The van der Waals surface area contributed by atoms with Gasteiger partial charge in [0.15, 0.2) is 0 Å². The van der Waals surface area contributed by atoms with E-state index < -0.39 is 0 Å². The van der Waals surface area contributed by atoms with Crippen molar-refractivity contribution >= 4 is 17.8 Å². The molecule has 0 fully saturated rings. The zero-order valence-electron chi connectivity index (χ0n) is 23.7. The third kappa shape index (κ3) is 7.22. The monoisotopic (exact) mass is 550 g/mol. The van der Waals surface area contributed by atoms with Crippen molar-refractivity contribution in [2.45, 2.75) is 6.04 Å². The number of benzene rings is 5. The number of anilines is 1. The summed E-state index contributed by atoms with van der Waals surface area (Å²) in [5.41, 5.74) is 11.6. The van der Waals surface area contributed by atoms with E-state index in [0.717, 1.165) is 44.8 Å². The van der Waals surface area contributed by atoms with E-state index in [4.69, 9.17) is 0 Å². The Bertz CT molecular complexity index is 1870. The van der Waals surface area contributed by atoms with Gasteiger partial charge in [-0.3, -0.25) is 10.4 Å². The molecule has 2 heteroatoms. The molecule has 0 saturated heterocycles. The molecule has 0 amide bonds. The van der Waals surface area contributed by atoms with Crippen molar-refractivity contribution in [1.29, 1.82) is 0 Å². The van der Waals surface area contributed by atoms with Gasteiger partial charge in [-0.25, -0.2) is 0 Å². The van der Waals surface area contributed by atoms with Gasteiger partial charge in [0, 0.05) is 16.7 Å². The van der Waals surface area contributed by atoms with Crippen LogP contribution in [-0.4, -0.2) is 6.04 Å². The molecule has 0 bridgehead atoms. The lowest BCUT2D eigenvalue weighted by atomic mass is 10.0. The molecule has 1 atom stereocenters. The van der Waals surface area contributed by atoms with Crippen molar-refractivity contribution in [2.75, 3.05) is 5.01 Å². The third-order valence-corrected chi connectivity index (χ3v) is 6.96. The number of hydrogen-bond acceptors (Lipinski definition) is 2. The Hall–Kier alpha value is -5.96. The Morgan fingerprint density at radius 2 is 1.00 bits per heavy atom. The normalized spacial score (nSPS) is 14.5. The first-order valence-corrected chi connectivity index (χ1v) is 14.3. The highest BCUT2D eigenvalue weighted by Crippen LogP contribution is 2.30. The van der Waals surface area contributed by atoms with Crippen molar-refractivity contribution in [2.24, 2.45) is 0 Å². The smallest absolute Gasteiger partial charge is 0.104 e. The average molecular weight is 551 g/mol. The van der Waals surface area contributed by atoms with E-state index in [1.54, 1.807) is 0 Å². The van der Waals surface area contributed by atoms with Gasteiger partial charge < -0.3 is 0 Å². The lowest BCUT2D eigenvalue weighted by Gasteiger charge is -2.27. The Morgan fingerprint density at radius 1 is 0.535 bits per heavy atom. The largest absolute Gasteiger partial charge is 0.296 e. The van der Waals surface area contributed by atoms with E-state index in [1.165, 1.54) is 0 Å². The van der Waals surface area contributed by atoms with E-state index in [0.29, 0.717) is 0 Å². The van der Waals surface area contributed by atoms with Gasteiger partial charge in [-0.05, 0) is 65.8 Å². The standard InChI is InChI=1S/C41H30N2/c1-6-16-33(17-7-1)26-28-37(30-35-20-10-3-11-21-35)40-32-41(43(42-40)39-24-14-5-15-25-39)38(31-36-22-12-4-13-23-36)29-27-34-18-8-2-9-19-34/h1-25,30-32,41-42H. The van der Waals surface area contributed by atoms with Crippen LogP contribution in [0, 0.1) is 23.7 Å². The molecule has 0 saturated carbocycles. The topological polar surface area (TPSA) is 15.3 Å². The number of nitrogens with zero attached hydrogens (tertiary/aromatic N) is 1. The van der Waals surface area contributed by atoms with Crippen LogP contribution in [0.4, 0.5) is 5.69 Å². The van der Waals surface area contributed by atoms with Crippen LogP contribution in [0.15, 0.2) is 175 Å². The Morgan fingerprint density at radius 3 is 1.56 bits per heavy atom. The van der Waals surface area contributed by atoms with E-state index >= 15 is 0 Å². The molecule has 204 valence electrons. The highest BCUT2D eigenvalue weighted by atomic mass is 15.5. The predicted molar refractivity (Wildman–Crippen MR) is 179 cm³/mol. The fourth-order valence-corrected chi connectivity index (χ4v) is 4.81. The van der Waals surface area contributed by atoms with E-state index in [2.05, 4.69) is 113 Å². The van der Waals surface area contributed by atoms with E-state index in [9.17, 15) is 0 Å². The Balaban J connectivity index is 1.48. The number of para-hydroxylation sites is 1. The second-order valence-electron chi connectivity index (χ2n) is 10.1. The number of hydrogen-bond donors (Lipinski definition) is 1. The van der Waals surface area contributed by atoms with E-state index in [1.807, 2.05) is 91.0 Å². The molecular formula is C41H30N2. The van der Waals surface area contributed by atoms with Gasteiger partial charge in [-0.15, -0.1) is 0 Å². The number of rotatable bonds is 5. The second-order valence-corrected chi connectivity index (χ2v) is 10.1. The molecule has 0 aliphatic carbocycles. The van der Waals surface area contributed by atoms with Crippen LogP contribution in [-0.2, 0) is 0 Å². The Labute approximate surface area is 254 Å². The summed E-state index contributed by atoms with van der Waals surface area (Å²) in [6.45, 7) is 0. The maximum absolute atomic E-state index is 3.69. The molecule has 2 nitrogen and oxygen atoms in total. The van der Waals surface area contributed by atoms with Crippen LogP contribution >= 0.6 is 0 Å². The minimum absolute atomic E-state index is 0.175. The SMILES string of the molecule is C(#Cc1ccccc1)C(=Cc1ccccc1)C1=CC(C(C#Cc2ccccc2)=Cc2ccccc2)N(c2ccccc2)N1. The number of hydrazine groups is 1. The minimum atomic E-state index is -0.175. The van der Waals surface area contributed by atoms with Gasteiger partial charge in [0.1, 0.15) is 6.04 Å². The van der Waals surface area contributed by atoms with Crippen molar-refractivity contribution in [1.82, 2.24) is 5.43 Å². The van der Waals surface area contributed by atoms with Crippen molar-refractivity contribution in [3.8, 4) is 23.7 Å². The van der Waals surface area contributed by atoms with Gasteiger partial charge in [-0.1, -0.05) is 139 Å². The van der Waals surface area contributed by atoms with Crippen LogP contribution in [0.5, 0.6) is 0 Å². The summed E-state index contributed by atoms with van der Waals surface area (Å²) in [5.74, 6) is 13.8. The zero-order chi connectivity index (χ0) is 29.1. The quantitative estimate of drug-likeness (QED) is 0.221. The summed E-state index contributed by atoms with van der Waals surface area (Å²) in [6.07, 6.45) is 6.54. The van der Waals surface area contributed by atoms with Gasteiger partial charge in [0.05, 0.1) is 17.0 Å². The number of allylic oxidation sites excluding steroid dienone is 1. The van der Waals surface area contributed by atoms with Gasteiger partial charge in [0.2, 0.25) is 0 Å². The summed E-state index contributed by atoms with van der Waals surface area (Å²) < 4.78 is 0. The van der Waals surface area contributed by atoms with E-state index in [-0.39, 0.29) is 6.04 Å². The average Bonchev–Trinajstić information content (AvgIpc) is 3.53. The first kappa shape index (κ1) is 27.2. The molecule has 1 aliphatic rings. The van der Waals surface area contributed by atoms with Gasteiger partial charge in [0.25, 0.3) is 0 Å². The molecule has 6 rings (SSSR count). The molecule has 1 aliphatic heterocycles. The summed E-state index contributed by atoms with van der Waals surface area (Å²) >= 11 is 0. The van der Waals surface area contributed by atoms with Crippen molar-refractivity contribution < 1.29 is 0 Å². The second kappa shape index (κ2) is 13.6. The zero-order valence-corrected chi connectivity index (χ0v) is 23.7. The molecule has 1 heterocycles. The van der Waals surface area contributed by atoms with Gasteiger partial charge in [-0.2, -0.15) is 0 Å². The summed E-state index contributed by atoms with van der Waals surface area (Å²) in [7, 11) is 0. The lowest BCUT2D eigenvalue weighted by molar-refractivity contribution is 0.745. The molecule has 0 radical (unpaired) electrons. The summed E-state index contributed by atoms with van der Waals surface area (Å²) in [4.78, 5) is 0. The molecule has 5 aromatic carbocycles. The summed E-state index contributed by atoms with van der Waals surface area (Å²) in [5, 5.41) is 2.17. The minimum Gasteiger partial charge on any atom is -0.296 e. The fourth-order valence-electron chi connectivity index (χ4n) is 4.81. The van der Waals surface area contributed by atoms with Crippen LogP contribution in [0.1, 0.15) is 22.3 Å². The molecule has 0 aromatic heterocycles. The molecule has 43 heavy (non-hydrogen) atoms. The number of nitrogens with one attached hydrogen (secondary N) is 1. The maximum Gasteiger partial charge on any atom is 0.104 e. The first-order valence-electron chi connectivity index (χ1n) is 14.3. The van der Waals surface area contributed by atoms with Crippen LogP contribution in [0.25, 0.3) is 12.2 Å². The van der Waals surface area contributed by atoms with Crippen LogP contribution in [0.2, 0.25) is 0 Å². The Kier molecular flexibility index (Phi) is 8.61. The summed E-state index contributed by atoms with van der Waals surface area (Å²) in [6, 6.07) is 51.0. The van der Waals surface area contributed by atoms with Crippen LogP contribution in [0.3, 0.4) is 0 Å². The third-order valence-electron chi connectivity index (χ3n) is 6.96.